The van der Waals surface area contributed by atoms with Crippen LogP contribution in [0.1, 0.15) is 19.3 Å². The molecule has 1 unspecified atom stereocenters. The number of rotatable bonds is 7. The van der Waals surface area contributed by atoms with E-state index in [0.717, 1.165) is 47.7 Å². The Kier molecular flexibility index (Phi) is 7.58. The Balaban J connectivity index is 1.59. The Morgan fingerprint density at radius 3 is 2.69 bits per heavy atom. The first-order valence-electron chi connectivity index (χ1n) is 9.93. The molecule has 1 aliphatic heterocycles. The number of ether oxygens (including phenoxy) is 1. The summed E-state index contributed by atoms with van der Waals surface area (Å²) < 4.78 is 5.28. The number of nitrogens with one attached hydrogen (secondary N) is 1. The average Bonchev–Trinajstić information content (AvgIpc) is 2.78. The van der Waals surface area contributed by atoms with Crippen LogP contribution in [0, 0.1) is 5.92 Å². The molecule has 1 heterocycles. The number of likely N-dealkylation sites (tertiary alicyclic amines) is 1. The van der Waals surface area contributed by atoms with Crippen LogP contribution in [0.25, 0.3) is 11.1 Å². The summed E-state index contributed by atoms with van der Waals surface area (Å²) in [6.07, 6.45) is 4.23. The van der Waals surface area contributed by atoms with E-state index in [2.05, 4.69) is 5.32 Å². The molecule has 6 heteroatoms. The van der Waals surface area contributed by atoms with Gasteiger partial charge in [-0.2, -0.15) is 11.8 Å². The second kappa shape index (κ2) is 10.3. The van der Waals surface area contributed by atoms with Gasteiger partial charge in [0.05, 0.1) is 13.0 Å². The molecule has 0 radical (unpaired) electrons. The zero-order valence-corrected chi connectivity index (χ0v) is 17.8. The molecule has 0 bridgehead atoms. The standard InChI is InChI=1S/C23H28N2O3S/c1-28-21-7-3-5-18(15-21)17-8-10-20(11-9-17)24-23(27)19-6-4-13-25(16-19)22(26)12-14-29-2/h3,5,7-11,15,19H,4,6,12-14,16H2,1-2H3,(H,24,27). The molecule has 1 N–H and O–H groups in total. The molecule has 1 saturated heterocycles. The van der Waals surface area contributed by atoms with Gasteiger partial charge in [-0.15, -0.1) is 0 Å². The summed E-state index contributed by atoms with van der Waals surface area (Å²) in [6, 6.07) is 15.7. The van der Waals surface area contributed by atoms with E-state index in [4.69, 9.17) is 4.74 Å². The lowest BCUT2D eigenvalue weighted by atomic mass is 9.96. The van der Waals surface area contributed by atoms with Crippen LogP contribution in [0.4, 0.5) is 5.69 Å². The van der Waals surface area contributed by atoms with E-state index in [1.54, 1.807) is 18.9 Å². The van der Waals surface area contributed by atoms with Crippen molar-refractivity contribution in [2.24, 2.45) is 5.92 Å². The molecule has 2 amide bonds. The molecule has 29 heavy (non-hydrogen) atoms. The molecular formula is C23H28N2O3S. The Labute approximate surface area is 176 Å². The summed E-state index contributed by atoms with van der Waals surface area (Å²) in [6.45, 7) is 1.27. The van der Waals surface area contributed by atoms with Gasteiger partial charge in [0.1, 0.15) is 5.75 Å². The summed E-state index contributed by atoms with van der Waals surface area (Å²) in [5.41, 5.74) is 2.89. The van der Waals surface area contributed by atoms with E-state index in [-0.39, 0.29) is 17.7 Å². The maximum Gasteiger partial charge on any atom is 0.229 e. The number of carbonyl (C=O) groups is 2. The lowest BCUT2D eigenvalue weighted by Gasteiger charge is -2.32. The van der Waals surface area contributed by atoms with Gasteiger partial charge in [-0.05, 0) is 54.5 Å². The smallest absolute Gasteiger partial charge is 0.229 e. The number of nitrogens with zero attached hydrogens (tertiary/aromatic N) is 1. The first-order chi connectivity index (χ1) is 14.1. The number of thioether (sulfide) groups is 1. The highest BCUT2D eigenvalue weighted by atomic mass is 32.2. The summed E-state index contributed by atoms with van der Waals surface area (Å²) >= 11 is 1.67. The van der Waals surface area contributed by atoms with Crippen LogP contribution in [-0.4, -0.2) is 48.9 Å². The monoisotopic (exact) mass is 412 g/mol. The van der Waals surface area contributed by atoms with Crippen molar-refractivity contribution >= 4 is 29.3 Å². The molecule has 0 aliphatic carbocycles. The van der Waals surface area contributed by atoms with E-state index < -0.39 is 0 Å². The Morgan fingerprint density at radius 1 is 1.17 bits per heavy atom. The van der Waals surface area contributed by atoms with Gasteiger partial charge in [0.25, 0.3) is 0 Å². The third-order valence-corrected chi connectivity index (χ3v) is 5.83. The quantitative estimate of drug-likeness (QED) is 0.737. The Hall–Kier alpha value is -2.47. The lowest BCUT2D eigenvalue weighted by molar-refractivity contribution is -0.134. The highest BCUT2D eigenvalue weighted by molar-refractivity contribution is 7.98. The molecule has 0 spiro atoms. The minimum absolute atomic E-state index is 0.0125. The molecule has 2 aromatic carbocycles. The van der Waals surface area contributed by atoms with Crippen LogP contribution in [0.5, 0.6) is 5.75 Å². The van der Waals surface area contributed by atoms with E-state index in [1.165, 1.54) is 0 Å². The molecule has 154 valence electrons. The van der Waals surface area contributed by atoms with E-state index in [0.29, 0.717) is 13.0 Å². The predicted octanol–water partition coefficient (Wildman–Crippen LogP) is 4.29. The Bertz CT molecular complexity index is 838. The maximum absolute atomic E-state index is 12.7. The second-order valence-electron chi connectivity index (χ2n) is 7.22. The molecule has 1 aliphatic rings. The fourth-order valence-electron chi connectivity index (χ4n) is 3.56. The van der Waals surface area contributed by atoms with Crippen LogP contribution < -0.4 is 10.1 Å². The van der Waals surface area contributed by atoms with Gasteiger partial charge in [-0.1, -0.05) is 24.3 Å². The average molecular weight is 413 g/mol. The Morgan fingerprint density at radius 2 is 1.97 bits per heavy atom. The summed E-state index contributed by atoms with van der Waals surface area (Å²) in [7, 11) is 1.65. The maximum atomic E-state index is 12.7. The first kappa shape index (κ1) is 21.2. The van der Waals surface area contributed by atoms with Crippen LogP contribution in [-0.2, 0) is 9.59 Å². The van der Waals surface area contributed by atoms with Crippen molar-refractivity contribution in [3.05, 3.63) is 48.5 Å². The fourth-order valence-corrected chi connectivity index (χ4v) is 3.94. The van der Waals surface area contributed by atoms with Gasteiger partial charge in [-0.25, -0.2) is 0 Å². The fraction of sp³-hybridized carbons (Fsp3) is 0.391. The van der Waals surface area contributed by atoms with Gasteiger partial charge in [0.15, 0.2) is 0 Å². The molecule has 3 rings (SSSR count). The van der Waals surface area contributed by atoms with E-state index in [1.807, 2.05) is 59.7 Å². The highest BCUT2D eigenvalue weighted by Gasteiger charge is 2.28. The van der Waals surface area contributed by atoms with Crippen LogP contribution in [0.15, 0.2) is 48.5 Å². The number of carbonyl (C=O) groups excluding carboxylic acids is 2. The number of anilines is 1. The van der Waals surface area contributed by atoms with Crippen LogP contribution in [0.3, 0.4) is 0 Å². The van der Waals surface area contributed by atoms with Crippen molar-refractivity contribution in [2.45, 2.75) is 19.3 Å². The van der Waals surface area contributed by atoms with E-state index in [9.17, 15) is 9.59 Å². The number of methoxy groups -OCH3 is 1. The third kappa shape index (κ3) is 5.76. The minimum atomic E-state index is -0.153. The summed E-state index contributed by atoms with van der Waals surface area (Å²) in [4.78, 5) is 26.8. The molecule has 1 fully saturated rings. The number of benzene rings is 2. The summed E-state index contributed by atoms with van der Waals surface area (Å²) in [5.74, 6) is 1.63. The van der Waals surface area contributed by atoms with Gasteiger partial charge in [0.2, 0.25) is 11.8 Å². The van der Waals surface area contributed by atoms with E-state index >= 15 is 0 Å². The normalized spacial score (nSPS) is 16.3. The van der Waals surface area contributed by atoms with Crippen molar-refractivity contribution in [1.29, 1.82) is 0 Å². The van der Waals surface area contributed by atoms with Crippen molar-refractivity contribution in [2.75, 3.05) is 37.5 Å². The number of piperidine rings is 1. The van der Waals surface area contributed by atoms with Crippen molar-refractivity contribution in [3.8, 4) is 16.9 Å². The molecule has 0 saturated carbocycles. The third-order valence-electron chi connectivity index (χ3n) is 5.22. The van der Waals surface area contributed by atoms with Crippen molar-refractivity contribution in [3.63, 3.8) is 0 Å². The molecule has 0 aromatic heterocycles. The number of hydrogen-bond acceptors (Lipinski definition) is 4. The van der Waals surface area contributed by atoms with Crippen LogP contribution in [0.2, 0.25) is 0 Å². The van der Waals surface area contributed by atoms with Crippen LogP contribution >= 0.6 is 11.8 Å². The largest absolute Gasteiger partial charge is 0.497 e. The van der Waals surface area contributed by atoms with Crippen molar-refractivity contribution in [1.82, 2.24) is 4.90 Å². The first-order valence-corrected chi connectivity index (χ1v) is 11.3. The second-order valence-corrected chi connectivity index (χ2v) is 8.21. The predicted molar refractivity (Wildman–Crippen MR) is 119 cm³/mol. The van der Waals surface area contributed by atoms with Gasteiger partial charge >= 0.3 is 0 Å². The number of hydrogen-bond donors (Lipinski definition) is 1. The topological polar surface area (TPSA) is 58.6 Å². The zero-order chi connectivity index (χ0) is 20.6. The zero-order valence-electron chi connectivity index (χ0n) is 17.0. The molecule has 5 nitrogen and oxygen atoms in total. The van der Waals surface area contributed by atoms with Crippen molar-refractivity contribution < 1.29 is 14.3 Å². The highest BCUT2D eigenvalue weighted by Crippen LogP contribution is 2.26. The molecule has 2 aromatic rings. The minimum Gasteiger partial charge on any atom is -0.497 e. The van der Waals surface area contributed by atoms with Gasteiger partial charge < -0.3 is 15.0 Å². The van der Waals surface area contributed by atoms with Gasteiger partial charge in [0, 0.05) is 31.0 Å². The SMILES string of the molecule is COc1cccc(-c2ccc(NC(=O)C3CCCN(C(=O)CCSC)C3)cc2)c1. The van der Waals surface area contributed by atoms with Gasteiger partial charge in [-0.3, -0.25) is 9.59 Å². The molecule has 1 atom stereocenters. The molecular weight excluding hydrogens is 384 g/mol. The summed E-state index contributed by atoms with van der Waals surface area (Å²) in [5, 5.41) is 3.01. The number of amides is 2. The lowest BCUT2D eigenvalue weighted by Crippen LogP contribution is -2.43.